The first-order valence-electron chi connectivity index (χ1n) is 5.89. The highest BCUT2D eigenvalue weighted by Crippen LogP contribution is 2.12. The minimum Gasteiger partial charge on any atom is -0.493 e. The topological polar surface area (TPSA) is 73.6 Å². The smallest absolute Gasteiger partial charge is 0.223 e. The van der Waals surface area contributed by atoms with Crippen molar-refractivity contribution in [2.24, 2.45) is 0 Å². The zero-order valence-corrected chi connectivity index (χ0v) is 10.8. The first-order valence-corrected chi connectivity index (χ1v) is 5.89. The lowest BCUT2D eigenvalue weighted by molar-refractivity contribution is -0.122. The molecule has 0 radical (unpaired) electrons. The Labute approximate surface area is 107 Å². The number of hydrogen-bond donors (Lipinski definition) is 2. The molecule has 0 spiro atoms. The van der Waals surface area contributed by atoms with E-state index >= 15 is 0 Å². The third-order valence-electron chi connectivity index (χ3n) is 2.47. The van der Waals surface area contributed by atoms with E-state index in [9.17, 15) is 4.79 Å². The molecule has 1 atom stereocenters. The SMILES string of the molecule is COC(C)CNC(=O)CCOc1ccc(N)cc1. The summed E-state index contributed by atoms with van der Waals surface area (Å²) in [6.07, 6.45) is 0.341. The number of amides is 1. The second-order valence-electron chi connectivity index (χ2n) is 4.02. The number of rotatable bonds is 7. The minimum absolute atomic E-state index is 0.0203. The minimum atomic E-state index is -0.0469. The van der Waals surface area contributed by atoms with Crippen LogP contribution in [0.4, 0.5) is 5.69 Å². The number of nitrogens with one attached hydrogen (secondary N) is 1. The molecule has 1 unspecified atom stereocenters. The van der Waals surface area contributed by atoms with Crippen molar-refractivity contribution in [1.29, 1.82) is 0 Å². The fourth-order valence-corrected chi connectivity index (χ4v) is 1.25. The number of anilines is 1. The van der Waals surface area contributed by atoms with Crippen LogP contribution in [0.15, 0.2) is 24.3 Å². The Morgan fingerprint density at radius 2 is 2.06 bits per heavy atom. The molecular weight excluding hydrogens is 232 g/mol. The molecule has 18 heavy (non-hydrogen) atoms. The highest BCUT2D eigenvalue weighted by atomic mass is 16.5. The van der Waals surface area contributed by atoms with Crippen LogP contribution in [0.3, 0.4) is 0 Å². The van der Waals surface area contributed by atoms with Crippen LogP contribution in [0.1, 0.15) is 13.3 Å². The number of benzene rings is 1. The van der Waals surface area contributed by atoms with Crippen LogP contribution >= 0.6 is 0 Å². The van der Waals surface area contributed by atoms with Crippen LogP contribution in [0.25, 0.3) is 0 Å². The van der Waals surface area contributed by atoms with Gasteiger partial charge < -0.3 is 20.5 Å². The van der Waals surface area contributed by atoms with Gasteiger partial charge in [0.05, 0.1) is 19.1 Å². The molecule has 0 heterocycles. The highest BCUT2D eigenvalue weighted by Gasteiger charge is 2.04. The van der Waals surface area contributed by atoms with E-state index in [0.29, 0.717) is 31.0 Å². The monoisotopic (exact) mass is 252 g/mol. The lowest BCUT2D eigenvalue weighted by atomic mass is 10.3. The van der Waals surface area contributed by atoms with E-state index in [0.717, 1.165) is 0 Å². The van der Waals surface area contributed by atoms with Crippen molar-refractivity contribution in [1.82, 2.24) is 5.32 Å². The summed E-state index contributed by atoms with van der Waals surface area (Å²) in [6, 6.07) is 7.08. The Hall–Kier alpha value is -1.75. The Balaban J connectivity index is 2.17. The molecule has 5 nitrogen and oxygen atoms in total. The van der Waals surface area contributed by atoms with Crippen molar-refractivity contribution in [2.75, 3.05) is 26.0 Å². The number of ether oxygens (including phenoxy) is 2. The van der Waals surface area contributed by atoms with Gasteiger partial charge in [-0.05, 0) is 31.2 Å². The number of hydrogen-bond acceptors (Lipinski definition) is 4. The summed E-state index contributed by atoms with van der Waals surface area (Å²) in [7, 11) is 1.61. The lowest BCUT2D eigenvalue weighted by Gasteiger charge is -2.11. The van der Waals surface area contributed by atoms with E-state index < -0.39 is 0 Å². The van der Waals surface area contributed by atoms with Crippen LogP contribution in [-0.4, -0.2) is 32.3 Å². The molecule has 0 saturated heterocycles. The van der Waals surface area contributed by atoms with Gasteiger partial charge in [-0.2, -0.15) is 0 Å². The summed E-state index contributed by atoms with van der Waals surface area (Å²) in [5.74, 6) is 0.664. The van der Waals surface area contributed by atoms with Crippen molar-refractivity contribution in [3.8, 4) is 5.75 Å². The summed E-state index contributed by atoms with van der Waals surface area (Å²) < 4.78 is 10.4. The maximum absolute atomic E-state index is 11.4. The molecule has 0 aliphatic rings. The Kier molecular flexibility index (Phi) is 6.00. The summed E-state index contributed by atoms with van der Waals surface area (Å²) >= 11 is 0. The standard InChI is InChI=1S/C13H20N2O3/c1-10(17-2)9-15-13(16)7-8-18-12-5-3-11(14)4-6-12/h3-6,10H,7-9,14H2,1-2H3,(H,15,16). The molecule has 0 aromatic heterocycles. The van der Waals surface area contributed by atoms with E-state index in [1.807, 2.05) is 6.92 Å². The van der Waals surface area contributed by atoms with Gasteiger partial charge in [0.25, 0.3) is 0 Å². The van der Waals surface area contributed by atoms with Crippen LogP contribution in [-0.2, 0) is 9.53 Å². The van der Waals surface area contributed by atoms with Crippen molar-refractivity contribution in [2.45, 2.75) is 19.4 Å². The van der Waals surface area contributed by atoms with Gasteiger partial charge in [0, 0.05) is 19.3 Å². The molecule has 1 amide bonds. The maximum atomic E-state index is 11.4. The van der Waals surface area contributed by atoms with Crippen LogP contribution in [0, 0.1) is 0 Å². The first-order chi connectivity index (χ1) is 8.61. The van der Waals surface area contributed by atoms with E-state index in [-0.39, 0.29) is 12.0 Å². The molecule has 100 valence electrons. The fraction of sp³-hybridized carbons (Fsp3) is 0.462. The van der Waals surface area contributed by atoms with Gasteiger partial charge in [0.15, 0.2) is 0 Å². The maximum Gasteiger partial charge on any atom is 0.223 e. The van der Waals surface area contributed by atoms with Crippen LogP contribution in [0.5, 0.6) is 5.75 Å². The Morgan fingerprint density at radius 3 is 2.67 bits per heavy atom. The van der Waals surface area contributed by atoms with E-state index in [1.54, 1.807) is 31.4 Å². The highest BCUT2D eigenvalue weighted by molar-refractivity contribution is 5.76. The molecule has 1 aromatic carbocycles. The molecule has 0 bridgehead atoms. The Morgan fingerprint density at radius 1 is 1.39 bits per heavy atom. The summed E-state index contributed by atoms with van der Waals surface area (Å²) in [5, 5.41) is 2.76. The second-order valence-corrected chi connectivity index (χ2v) is 4.02. The van der Waals surface area contributed by atoms with Gasteiger partial charge in [-0.25, -0.2) is 0 Å². The van der Waals surface area contributed by atoms with E-state index in [2.05, 4.69) is 5.32 Å². The average Bonchev–Trinajstić information content (AvgIpc) is 2.38. The number of nitrogen functional groups attached to an aromatic ring is 1. The lowest BCUT2D eigenvalue weighted by Crippen LogP contribution is -2.32. The predicted molar refractivity (Wildman–Crippen MR) is 70.4 cm³/mol. The predicted octanol–water partition coefficient (Wildman–Crippen LogP) is 1.19. The molecule has 0 aliphatic carbocycles. The number of carbonyl (C=O) groups excluding carboxylic acids is 1. The van der Waals surface area contributed by atoms with Gasteiger partial charge in [-0.3, -0.25) is 4.79 Å². The molecule has 1 rings (SSSR count). The summed E-state index contributed by atoms with van der Waals surface area (Å²) in [4.78, 5) is 11.4. The third-order valence-corrected chi connectivity index (χ3v) is 2.47. The summed E-state index contributed by atoms with van der Waals surface area (Å²) in [6.45, 7) is 2.75. The molecule has 3 N–H and O–H groups in total. The second kappa shape index (κ2) is 7.55. The molecule has 0 fully saturated rings. The van der Waals surface area contributed by atoms with Crippen LogP contribution < -0.4 is 15.8 Å². The Bertz CT molecular complexity index is 365. The molecule has 1 aromatic rings. The quantitative estimate of drug-likeness (QED) is 0.715. The molecule has 5 heteroatoms. The molecule has 0 aliphatic heterocycles. The molecular formula is C13H20N2O3. The zero-order chi connectivity index (χ0) is 13.4. The third kappa shape index (κ3) is 5.54. The summed E-state index contributed by atoms with van der Waals surface area (Å²) in [5.41, 5.74) is 6.24. The van der Waals surface area contributed by atoms with Gasteiger partial charge >= 0.3 is 0 Å². The largest absolute Gasteiger partial charge is 0.493 e. The van der Waals surface area contributed by atoms with Crippen molar-refractivity contribution in [3.63, 3.8) is 0 Å². The fourth-order valence-electron chi connectivity index (χ4n) is 1.25. The normalized spacial score (nSPS) is 11.9. The van der Waals surface area contributed by atoms with Gasteiger partial charge in [-0.15, -0.1) is 0 Å². The number of methoxy groups -OCH3 is 1. The van der Waals surface area contributed by atoms with Crippen molar-refractivity contribution >= 4 is 11.6 Å². The van der Waals surface area contributed by atoms with Gasteiger partial charge in [-0.1, -0.05) is 0 Å². The van der Waals surface area contributed by atoms with E-state index in [4.69, 9.17) is 15.2 Å². The first kappa shape index (κ1) is 14.3. The average molecular weight is 252 g/mol. The number of nitrogens with two attached hydrogens (primary N) is 1. The van der Waals surface area contributed by atoms with Crippen molar-refractivity contribution < 1.29 is 14.3 Å². The number of carbonyl (C=O) groups is 1. The molecule has 0 saturated carbocycles. The van der Waals surface area contributed by atoms with Crippen molar-refractivity contribution in [3.05, 3.63) is 24.3 Å². The van der Waals surface area contributed by atoms with Crippen LogP contribution in [0.2, 0.25) is 0 Å². The van der Waals surface area contributed by atoms with E-state index in [1.165, 1.54) is 0 Å². The zero-order valence-electron chi connectivity index (χ0n) is 10.8. The van der Waals surface area contributed by atoms with Gasteiger partial charge in [0.2, 0.25) is 5.91 Å². The van der Waals surface area contributed by atoms with Gasteiger partial charge in [0.1, 0.15) is 5.75 Å².